The van der Waals surface area contributed by atoms with Gasteiger partial charge in [-0.2, -0.15) is 0 Å². The molecule has 0 aromatic heterocycles. The molecule has 73 heavy (non-hydrogen) atoms. The third-order valence-corrected chi connectivity index (χ3v) is 17.1. The van der Waals surface area contributed by atoms with E-state index < -0.39 is 0 Å². The predicted octanol–water partition coefficient (Wildman–Crippen LogP) is 22.0. The summed E-state index contributed by atoms with van der Waals surface area (Å²) in [4.78, 5) is 2.70. The predicted molar refractivity (Wildman–Crippen MR) is 319 cm³/mol. The van der Waals surface area contributed by atoms with Gasteiger partial charge in [0.05, 0.1) is 0 Å². The van der Waals surface area contributed by atoms with Crippen molar-refractivity contribution in [2.45, 2.75) is 271 Å². The third-order valence-electron chi connectivity index (χ3n) is 15.2. The van der Waals surface area contributed by atoms with Crippen molar-refractivity contribution in [1.29, 1.82) is 0 Å². The van der Waals surface area contributed by atoms with Gasteiger partial charge in [-0.3, -0.25) is 0 Å². The average molecular weight is 1080 g/mol. The minimum absolute atomic E-state index is 0.891. The molecule has 4 aromatic rings. The van der Waals surface area contributed by atoms with Gasteiger partial charge in [-0.15, -0.1) is 0 Å². The third kappa shape index (κ3) is 21.6. The summed E-state index contributed by atoms with van der Waals surface area (Å²) in [6.07, 6.45) is 38.9. The molecule has 0 radical (unpaired) electrons. The number of nitrogens with zero attached hydrogens (tertiary/aromatic N) is 2. The topological polar surface area (TPSA) is 25.3 Å². The molecular weight excluding hydrogens is 975 g/mol. The Kier molecular flexibility index (Phi) is 32.5. The zero-order valence-corrected chi connectivity index (χ0v) is 49.9. The van der Waals surface area contributed by atoms with Crippen molar-refractivity contribution in [2.24, 2.45) is 0 Å². The Labute approximate surface area is 459 Å². The first-order chi connectivity index (χ1) is 35.9. The van der Waals surface area contributed by atoms with Crippen molar-refractivity contribution in [3.05, 3.63) is 157 Å². The maximum absolute atomic E-state index is 12.9. The second-order valence-electron chi connectivity index (χ2n) is 21.4. The molecule has 2 nitrogen and oxygen atoms in total. The van der Waals surface area contributed by atoms with Crippen molar-refractivity contribution in [2.75, 3.05) is 0 Å². The first-order valence-corrected chi connectivity index (χ1v) is 32.9. The van der Waals surface area contributed by atoms with E-state index in [2.05, 4.69) is 140 Å². The van der Waals surface area contributed by atoms with E-state index in [-0.39, 0.29) is 0 Å². The fraction of sp³-hybridized carbons (Fsp3) is 0.600. The van der Waals surface area contributed by atoms with Gasteiger partial charge in [0.2, 0.25) is 11.4 Å². The van der Waals surface area contributed by atoms with Gasteiger partial charge in [-0.05, 0) is 160 Å². The molecule has 5 rings (SSSR count). The summed E-state index contributed by atoms with van der Waals surface area (Å²) in [6.45, 7) is 18.6. The Hall–Kier alpha value is -3.38. The Morgan fingerprint density at radius 2 is 0.616 bits per heavy atom. The zero-order chi connectivity index (χ0) is 52.3. The summed E-state index contributed by atoms with van der Waals surface area (Å²) >= 11 is 0.891. The molecule has 0 aliphatic carbocycles. The Morgan fingerprint density at radius 3 is 0.904 bits per heavy atom. The van der Waals surface area contributed by atoms with E-state index in [9.17, 15) is 5.53 Å². The van der Waals surface area contributed by atoms with Crippen molar-refractivity contribution in [1.82, 2.24) is 0 Å². The fourth-order valence-electron chi connectivity index (χ4n) is 10.9. The molecule has 0 N–H and O–H groups in total. The second-order valence-corrected chi connectivity index (χ2v) is 23.7. The van der Waals surface area contributed by atoms with Crippen molar-refractivity contribution in [3.63, 3.8) is 0 Å². The molecule has 0 unspecified atom stereocenters. The SMILES string of the molecule is CCCCCc1cc(C2=C(CCCC)C(CCCC)=C(c3cc(CCCCC)c(CCCCC)c(CCCCC)c3)[N+]2=[N-])cc(CCCCC)c1CCCCC.c1ccc(C[CH2][Pd][CH2]Cc2ccccc2)cc1. The van der Waals surface area contributed by atoms with Gasteiger partial charge in [-0.25, -0.2) is 4.70 Å². The second kappa shape index (κ2) is 38.2. The molecule has 1 aliphatic rings. The van der Waals surface area contributed by atoms with Gasteiger partial charge in [0.25, 0.3) is 0 Å². The van der Waals surface area contributed by atoms with E-state index in [0.29, 0.717) is 0 Å². The molecule has 0 bridgehead atoms. The fourth-order valence-corrected chi connectivity index (χ4v) is 12.8. The van der Waals surface area contributed by atoms with Crippen LogP contribution in [0.3, 0.4) is 0 Å². The summed E-state index contributed by atoms with van der Waals surface area (Å²) < 4.78 is 1.73. The average Bonchev–Trinajstić information content (AvgIpc) is 3.69. The molecule has 0 atom stereocenters. The molecular formula is C70H106N2Pd. The van der Waals surface area contributed by atoms with Crippen LogP contribution in [0.25, 0.3) is 16.9 Å². The van der Waals surface area contributed by atoms with Crippen molar-refractivity contribution < 1.29 is 22.7 Å². The molecule has 1 heterocycles. The molecule has 406 valence electrons. The Bertz CT molecular complexity index is 1960. The molecule has 3 heteroatoms. The van der Waals surface area contributed by atoms with Gasteiger partial charge in [-0.1, -0.05) is 145 Å². The zero-order valence-electron chi connectivity index (χ0n) is 48.3. The van der Waals surface area contributed by atoms with E-state index in [1.54, 1.807) is 38.1 Å². The Morgan fingerprint density at radius 1 is 0.329 bits per heavy atom. The molecule has 0 fully saturated rings. The molecule has 1 aliphatic heterocycles. The normalized spacial score (nSPS) is 12.6. The van der Waals surface area contributed by atoms with Gasteiger partial charge < -0.3 is 5.53 Å². The molecule has 0 saturated heterocycles. The van der Waals surface area contributed by atoms with Crippen LogP contribution in [0.4, 0.5) is 0 Å². The first kappa shape index (κ1) is 62.2. The molecule has 4 aromatic carbocycles. The van der Waals surface area contributed by atoms with Crippen LogP contribution in [0, 0.1) is 0 Å². The van der Waals surface area contributed by atoms with Crippen molar-refractivity contribution in [3.8, 4) is 0 Å². The van der Waals surface area contributed by atoms with Crippen LogP contribution in [-0.2, 0) is 69.3 Å². The van der Waals surface area contributed by atoms with Crippen LogP contribution in [0.15, 0.2) is 96.1 Å². The van der Waals surface area contributed by atoms with E-state index in [1.165, 1.54) is 184 Å². The van der Waals surface area contributed by atoms with Gasteiger partial charge in [0.15, 0.2) is 0 Å². The van der Waals surface area contributed by atoms with Gasteiger partial charge >= 0.3 is 112 Å². The van der Waals surface area contributed by atoms with Crippen LogP contribution >= 0.6 is 0 Å². The minimum atomic E-state index is 0.891. The van der Waals surface area contributed by atoms with Crippen LogP contribution in [0.2, 0.25) is 9.79 Å². The molecule has 0 amide bonds. The van der Waals surface area contributed by atoms with E-state index >= 15 is 0 Å². The van der Waals surface area contributed by atoms with Crippen LogP contribution in [-0.4, -0.2) is 4.70 Å². The molecule has 0 saturated carbocycles. The summed E-state index contributed by atoms with van der Waals surface area (Å²) in [5.74, 6) is 0. The van der Waals surface area contributed by atoms with Crippen LogP contribution < -0.4 is 0 Å². The van der Waals surface area contributed by atoms with E-state index in [4.69, 9.17) is 0 Å². The summed E-state index contributed by atoms with van der Waals surface area (Å²) in [5, 5.41) is 0. The maximum atomic E-state index is 12.9. The van der Waals surface area contributed by atoms with Crippen molar-refractivity contribution >= 4 is 11.4 Å². The van der Waals surface area contributed by atoms with E-state index in [1.807, 2.05) is 0 Å². The van der Waals surface area contributed by atoms with E-state index in [0.717, 1.165) is 93.6 Å². The van der Waals surface area contributed by atoms with Gasteiger partial charge in [0.1, 0.15) is 0 Å². The first-order valence-electron chi connectivity index (χ1n) is 30.7. The number of hydrogen-bond donors (Lipinski definition) is 0. The van der Waals surface area contributed by atoms with Crippen LogP contribution in [0.1, 0.15) is 265 Å². The number of rotatable bonds is 38. The summed E-state index contributed by atoms with van der Waals surface area (Å²) in [7, 11) is 0. The van der Waals surface area contributed by atoms with Gasteiger partial charge in [0, 0.05) is 22.3 Å². The monoisotopic (exact) mass is 1080 g/mol. The Balaban J connectivity index is 0.000000567. The summed E-state index contributed by atoms with van der Waals surface area (Å²) in [5.41, 5.74) is 33.0. The standard InChI is InChI=1S/C54H88N2.2C8H9.Pd/c1-9-17-25-31-43-39-47(40-44(32-26-18-10-2)49(43)37-29-21-13-5)53-51(35-23-15-7)52(36-24-16-8)54(56(53)55)48-41-45(33-27-19-11-3)50(38-30-22-14-6)46(42-48)34-28-20-12-4;2*1-2-8-6-4-3-5-7-8;/h39-42H,9-38H2,1-8H3;2*3-7H,1-2H2;. The quantitative estimate of drug-likeness (QED) is 0.0243. The summed E-state index contributed by atoms with van der Waals surface area (Å²) in [6, 6.07) is 31.8. The molecule has 0 spiro atoms. The number of unbranched alkanes of at least 4 members (excludes halogenated alkanes) is 14. The number of allylic oxidation sites excluding steroid dienone is 2. The van der Waals surface area contributed by atoms with Crippen LogP contribution in [0.5, 0.6) is 0 Å². The number of benzene rings is 4. The number of aryl methyl sites for hydroxylation is 6. The number of hydrogen-bond acceptors (Lipinski definition) is 0.